The number of ether oxygens (including phenoxy) is 1. The van der Waals surface area contributed by atoms with Crippen LogP contribution in [0.25, 0.3) is 0 Å². The number of carbonyl (C=O) groups is 2. The largest absolute Gasteiger partial charge is 0.481 e. The second kappa shape index (κ2) is 7.44. The van der Waals surface area contributed by atoms with E-state index in [2.05, 4.69) is 5.32 Å². The molecule has 0 aromatic carbocycles. The van der Waals surface area contributed by atoms with Crippen molar-refractivity contribution in [1.82, 2.24) is 10.2 Å². The molecule has 0 aromatic heterocycles. The summed E-state index contributed by atoms with van der Waals surface area (Å²) in [5.41, 5.74) is -0.918. The Hall–Kier alpha value is -1.34. The number of morpholine rings is 1. The predicted octanol–water partition coefficient (Wildman–Crippen LogP) is 0.280. The monoisotopic (exact) mass is 288 g/mol. The van der Waals surface area contributed by atoms with Gasteiger partial charge < -0.3 is 25.2 Å². The van der Waals surface area contributed by atoms with Crippen molar-refractivity contribution in [3.8, 4) is 0 Å². The molecule has 0 aliphatic carbocycles. The van der Waals surface area contributed by atoms with E-state index in [0.29, 0.717) is 32.5 Å². The minimum absolute atomic E-state index is 0.106. The van der Waals surface area contributed by atoms with Gasteiger partial charge in [0, 0.05) is 13.1 Å². The van der Waals surface area contributed by atoms with Crippen LogP contribution in [0.2, 0.25) is 0 Å². The highest BCUT2D eigenvalue weighted by molar-refractivity contribution is 5.78. The highest BCUT2D eigenvalue weighted by atomic mass is 16.5. The minimum Gasteiger partial charge on any atom is -0.481 e. The van der Waals surface area contributed by atoms with Gasteiger partial charge in [0.05, 0.1) is 31.3 Å². The van der Waals surface area contributed by atoms with E-state index in [-0.39, 0.29) is 25.3 Å². The molecule has 2 amide bonds. The predicted molar refractivity (Wildman–Crippen MR) is 72.4 cm³/mol. The van der Waals surface area contributed by atoms with E-state index in [9.17, 15) is 14.7 Å². The van der Waals surface area contributed by atoms with Gasteiger partial charge in [0.15, 0.2) is 0 Å². The summed E-state index contributed by atoms with van der Waals surface area (Å²) in [5, 5.41) is 21.0. The standard InChI is InChI=1S/C13H24N2O5/c1-3-13(4-2,11(17)18)9-14-12(19)15-5-6-20-10(7-15)8-16/h10,16H,3-9H2,1-2H3,(H,14,19)(H,17,18). The van der Waals surface area contributed by atoms with Crippen LogP contribution in [0.5, 0.6) is 0 Å². The quantitative estimate of drug-likeness (QED) is 0.652. The average molecular weight is 288 g/mol. The van der Waals surface area contributed by atoms with Gasteiger partial charge in [0.2, 0.25) is 0 Å². The van der Waals surface area contributed by atoms with E-state index in [1.165, 1.54) is 0 Å². The number of aliphatic hydroxyl groups excluding tert-OH is 1. The van der Waals surface area contributed by atoms with Gasteiger partial charge in [-0.3, -0.25) is 4.79 Å². The minimum atomic E-state index is -0.918. The maximum absolute atomic E-state index is 12.0. The van der Waals surface area contributed by atoms with Crippen molar-refractivity contribution in [2.75, 3.05) is 32.8 Å². The summed E-state index contributed by atoms with van der Waals surface area (Å²) < 4.78 is 5.27. The van der Waals surface area contributed by atoms with Crippen LogP contribution in [-0.2, 0) is 9.53 Å². The van der Waals surface area contributed by atoms with Crippen LogP contribution in [-0.4, -0.2) is 66.1 Å². The molecule has 1 saturated heterocycles. The molecule has 0 spiro atoms. The van der Waals surface area contributed by atoms with E-state index in [1.54, 1.807) is 18.7 Å². The summed E-state index contributed by atoms with van der Waals surface area (Å²) in [6.45, 7) is 4.73. The lowest BCUT2D eigenvalue weighted by molar-refractivity contribution is -0.149. The van der Waals surface area contributed by atoms with Gasteiger partial charge in [0.25, 0.3) is 0 Å². The highest BCUT2D eigenvalue weighted by Gasteiger charge is 2.36. The van der Waals surface area contributed by atoms with Crippen molar-refractivity contribution in [3.63, 3.8) is 0 Å². The maximum Gasteiger partial charge on any atom is 0.317 e. The molecule has 1 aliphatic heterocycles. The third kappa shape index (κ3) is 3.83. The highest BCUT2D eigenvalue weighted by Crippen LogP contribution is 2.25. The second-order valence-corrected chi connectivity index (χ2v) is 5.07. The Labute approximate surface area is 118 Å². The maximum atomic E-state index is 12.0. The Morgan fingerprint density at radius 3 is 2.55 bits per heavy atom. The van der Waals surface area contributed by atoms with Crippen molar-refractivity contribution in [1.29, 1.82) is 0 Å². The lowest BCUT2D eigenvalue weighted by Crippen LogP contribution is -2.53. The Morgan fingerprint density at radius 1 is 1.40 bits per heavy atom. The van der Waals surface area contributed by atoms with Crippen LogP contribution < -0.4 is 5.32 Å². The molecule has 1 aliphatic rings. The Balaban J connectivity index is 2.55. The topological polar surface area (TPSA) is 99.1 Å². The van der Waals surface area contributed by atoms with Gasteiger partial charge in [-0.2, -0.15) is 0 Å². The first-order chi connectivity index (χ1) is 9.49. The number of nitrogens with zero attached hydrogens (tertiary/aromatic N) is 1. The first kappa shape index (κ1) is 16.7. The van der Waals surface area contributed by atoms with Gasteiger partial charge in [0.1, 0.15) is 0 Å². The number of carbonyl (C=O) groups excluding carboxylic acids is 1. The molecule has 1 rings (SSSR count). The van der Waals surface area contributed by atoms with Gasteiger partial charge in [-0.25, -0.2) is 4.79 Å². The number of aliphatic hydroxyl groups is 1. The molecule has 1 fully saturated rings. The van der Waals surface area contributed by atoms with Crippen molar-refractivity contribution in [2.45, 2.75) is 32.8 Å². The summed E-state index contributed by atoms with van der Waals surface area (Å²) in [5.74, 6) is -0.891. The van der Waals surface area contributed by atoms with E-state index in [4.69, 9.17) is 9.84 Å². The molecule has 0 aromatic rings. The third-order valence-corrected chi connectivity index (χ3v) is 4.01. The molecule has 1 atom stereocenters. The zero-order chi connectivity index (χ0) is 15.2. The van der Waals surface area contributed by atoms with Gasteiger partial charge in [-0.1, -0.05) is 13.8 Å². The van der Waals surface area contributed by atoms with E-state index < -0.39 is 11.4 Å². The van der Waals surface area contributed by atoms with Gasteiger partial charge in [-0.15, -0.1) is 0 Å². The molecular weight excluding hydrogens is 264 g/mol. The summed E-state index contributed by atoms with van der Waals surface area (Å²) >= 11 is 0. The van der Waals surface area contributed by atoms with Crippen molar-refractivity contribution in [3.05, 3.63) is 0 Å². The van der Waals surface area contributed by atoms with E-state index >= 15 is 0 Å². The van der Waals surface area contributed by atoms with Crippen molar-refractivity contribution < 1.29 is 24.5 Å². The Bertz CT molecular complexity index is 344. The molecule has 0 radical (unpaired) electrons. The SMILES string of the molecule is CCC(CC)(CNC(=O)N1CCOC(CO)C1)C(=O)O. The van der Waals surface area contributed by atoms with Crippen LogP contribution >= 0.6 is 0 Å². The summed E-state index contributed by atoms with van der Waals surface area (Å²) in [6, 6.07) is -0.306. The number of urea groups is 1. The molecule has 1 heterocycles. The van der Waals surface area contributed by atoms with Crippen molar-refractivity contribution in [2.24, 2.45) is 5.41 Å². The number of rotatable bonds is 6. The molecule has 20 heavy (non-hydrogen) atoms. The number of carboxylic acids is 1. The van der Waals surface area contributed by atoms with Crippen LogP contribution in [0.1, 0.15) is 26.7 Å². The van der Waals surface area contributed by atoms with Crippen LogP contribution in [0.15, 0.2) is 0 Å². The Kier molecular flexibility index (Phi) is 6.22. The number of hydrogen-bond acceptors (Lipinski definition) is 4. The first-order valence-electron chi connectivity index (χ1n) is 6.97. The van der Waals surface area contributed by atoms with E-state index in [0.717, 1.165) is 0 Å². The molecule has 0 saturated carbocycles. The zero-order valence-corrected chi connectivity index (χ0v) is 12.1. The Morgan fingerprint density at radius 2 is 2.05 bits per heavy atom. The lowest BCUT2D eigenvalue weighted by Gasteiger charge is -2.33. The zero-order valence-electron chi connectivity index (χ0n) is 12.1. The average Bonchev–Trinajstić information content (AvgIpc) is 2.48. The van der Waals surface area contributed by atoms with Crippen LogP contribution in [0.4, 0.5) is 4.79 Å². The van der Waals surface area contributed by atoms with Crippen LogP contribution in [0, 0.1) is 5.41 Å². The smallest absolute Gasteiger partial charge is 0.317 e. The van der Waals surface area contributed by atoms with Gasteiger partial charge >= 0.3 is 12.0 Å². The molecule has 7 heteroatoms. The second-order valence-electron chi connectivity index (χ2n) is 5.07. The third-order valence-electron chi connectivity index (χ3n) is 4.01. The number of aliphatic carboxylic acids is 1. The normalized spacial score (nSPS) is 19.8. The summed E-state index contributed by atoms with van der Waals surface area (Å²) in [6.07, 6.45) is 0.555. The molecule has 0 bridgehead atoms. The lowest BCUT2D eigenvalue weighted by atomic mass is 9.82. The van der Waals surface area contributed by atoms with Crippen molar-refractivity contribution >= 4 is 12.0 Å². The molecular formula is C13H24N2O5. The summed E-state index contributed by atoms with van der Waals surface area (Å²) in [4.78, 5) is 24.9. The molecule has 3 N–H and O–H groups in total. The number of carboxylic acid groups (broad SMARTS) is 1. The fourth-order valence-corrected chi connectivity index (χ4v) is 2.25. The van der Waals surface area contributed by atoms with Crippen LogP contribution in [0.3, 0.4) is 0 Å². The molecule has 7 nitrogen and oxygen atoms in total. The first-order valence-corrected chi connectivity index (χ1v) is 6.97. The molecule has 116 valence electrons. The fourth-order valence-electron chi connectivity index (χ4n) is 2.25. The fraction of sp³-hybridized carbons (Fsp3) is 0.846. The van der Waals surface area contributed by atoms with Gasteiger partial charge in [-0.05, 0) is 12.8 Å². The number of nitrogens with one attached hydrogen (secondary N) is 1. The van der Waals surface area contributed by atoms with E-state index in [1.807, 2.05) is 0 Å². The number of amides is 2. The number of hydrogen-bond donors (Lipinski definition) is 3. The molecule has 1 unspecified atom stereocenters. The summed E-state index contributed by atoms with van der Waals surface area (Å²) in [7, 11) is 0.